The van der Waals surface area contributed by atoms with Crippen LogP contribution in [0.3, 0.4) is 0 Å². The van der Waals surface area contributed by atoms with Crippen LogP contribution in [-0.2, 0) is 4.74 Å². The van der Waals surface area contributed by atoms with Crippen molar-refractivity contribution in [3.8, 4) is 23.2 Å². The molecule has 9 nitrogen and oxygen atoms in total. The summed E-state index contributed by atoms with van der Waals surface area (Å²) in [6.07, 6.45) is 6.79. The first kappa shape index (κ1) is 34.8. The molecule has 5 aromatic rings. The number of anilines is 2. The Kier molecular flexibility index (Phi) is 8.68. The molecule has 3 aromatic heterocycles. The number of hydrogen-bond acceptors (Lipinski definition) is 10. The molecule has 3 N–H and O–H groups in total. The van der Waals surface area contributed by atoms with Crippen molar-refractivity contribution in [2.75, 3.05) is 43.5 Å². The van der Waals surface area contributed by atoms with E-state index in [1.54, 1.807) is 24.1 Å². The van der Waals surface area contributed by atoms with Gasteiger partial charge in [0.1, 0.15) is 28.0 Å². The highest BCUT2D eigenvalue weighted by Gasteiger charge is 2.52. The number of benzene rings is 2. The minimum Gasteiger partial charge on any atom is -0.463 e. The maximum atomic E-state index is 17.1. The highest BCUT2D eigenvalue weighted by Crippen LogP contribution is 2.60. The Labute approximate surface area is 305 Å². The Morgan fingerprint density at radius 3 is 2.69 bits per heavy atom. The van der Waals surface area contributed by atoms with E-state index < -0.39 is 28.9 Å². The zero-order valence-electron chi connectivity index (χ0n) is 28.0. The number of aromatic nitrogens is 3. The summed E-state index contributed by atoms with van der Waals surface area (Å²) >= 11 is 8.02. The molecular weight excluding hydrogens is 720 g/mol. The van der Waals surface area contributed by atoms with Gasteiger partial charge in [0.15, 0.2) is 23.3 Å². The number of nitriles is 1. The van der Waals surface area contributed by atoms with Crippen LogP contribution in [-0.4, -0.2) is 58.6 Å². The number of nitrogens with zero attached hydrogens (tertiary/aromatic N) is 5. The molecule has 2 saturated carbocycles. The lowest BCUT2D eigenvalue weighted by Crippen LogP contribution is -2.42. The number of pyridine rings is 1. The second-order valence-corrected chi connectivity index (χ2v) is 15.8. The van der Waals surface area contributed by atoms with Crippen molar-refractivity contribution in [2.45, 2.75) is 50.5 Å². The number of fused-ring (bicyclic) bond motifs is 3. The standard InChI is InChI=1S/C37H33ClF4N6O3S/c1-36(49)15-48(7-8-50-16-36)34-20-11-24(38)29(22-13-45-14-27-28(22)21(12-43)33(44)52-27)31(42)32(20)46-35(47-34)51-17-37-5-2-3-23(37)19(4-6-37)18-9-25(39)30(41)26(40)10-18/h9-11,13-14,19,23,49H,2-8,15-17,44H2,1H3. The maximum absolute atomic E-state index is 17.1. The fraction of sp³-hybridized carbons (Fsp3) is 0.405. The van der Waals surface area contributed by atoms with Gasteiger partial charge in [0.05, 0.1) is 41.7 Å². The van der Waals surface area contributed by atoms with Gasteiger partial charge in [0, 0.05) is 46.3 Å². The van der Waals surface area contributed by atoms with Gasteiger partial charge in [-0.05, 0) is 68.2 Å². The Bertz CT molecular complexity index is 2280. The fourth-order valence-corrected chi connectivity index (χ4v) is 9.87. The van der Waals surface area contributed by atoms with Gasteiger partial charge in [-0.25, -0.2) is 17.6 Å². The van der Waals surface area contributed by atoms with E-state index in [0.29, 0.717) is 35.0 Å². The van der Waals surface area contributed by atoms with Crippen LogP contribution >= 0.6 is 22.9 Å². The molecule has 1 aliphatic heterocycles. The topological polar surface area (TPSA) is 130 Å². The van der Waals surface area contributed by atoms with Crippen LogP contribution < -0.4 is 15.4 Å². The monoisotopic (exact) mass is 752 g/mol. The third kappa shape index (κ3) is 5.78. The van der Waals surface area contributed by atoms with E-state index in [1.807, 2.05) is 0 Å². The summed E-state index contributed by atoms with van der Waals surface area (Å²) in [4.78, 5) is 15.4. The van der Waals surface area contributed by atoms with Crippen molar-refractivity contribution in [3.63, 3.8) is 0 Å². The van der Waals surface area contributed by atoms with Crippen molar-refractivity contribution in [1.29, 1.82) is 5.26 Å². The summed E-state index contributed by atoms with van der Waals surface area (Å²) in [6.45, 7) is 2.60. The molecule has 0 spiro atoms. The minimum absolute atomic E-state index is 0.0112. The third-order valence-corrected chi connectivity index (χ3v) is 12.2. The molecule has 8 rings (SSSR count). The molecule has 2 aliphatic carbocycles. The summed E-state index contributed by atoms with van der Waals surface area (Å²) in [5.74, 6) is -4.58. The number of halogens is 5. The molecule has 0 bridgehead atoms. The molecule has 2 aromatic carbocycles. The summed E-state index contributed by atoms with van der Waals surface area (Å²) in [7, 11) is 0. The lowest BCUT2D eigenvalue weighted by molar-refractivity contribution is -0.0123. The molecule has 270 valence electrons. The third-order valence-electron chi connectivity index (χ3n) is 10.9. The van der Waals surface area contributed by atoms with Gasteiger partial charge in [0.2, 0.25) is 0 Å². The number of thiophene rings is 1. The van der Waals surface area contributed by atoms with Crippen LogP contribution in [0.15, 0.2) is 30.6 Å². The predicted molar refractivity (Wildman–Crippen MR) is 189 cm³/mol. The van der Waals surface area contributed by atoms with E-state index in [4.69, 9.17) is 31.8 Å². The summed E-state index contributed by atoms with van der Waals surface area (Å²) in [6, 6.07) is 5.74. The van der Waals surface area contributed by atoms with E-state index in [2.05, 4.69) is 16.0 Å². The Morgan fingerprint density at radius 1 is 1.13 bits per heavy atom. The van der Waals surface area contributed by atoms with Crippen LogP contribution in [0.2, 0.25) is 5.02 Å². The number of nitrogens with two attached hydrogens (primary N) is 1. The van der Waals surface area contributed by atoms with Crippen LogP contribution in [0, 0.1) is 45.9 Å². The van der Waals surface area contributed by atoms with Crippen LogP contribution in [0.25, 0.3) is 32.1 Å². The molecule has 3 fully saturated rings. The van der Waals surface area contributed by atoms with Crippen molar-refractivity contribution in [2.24, 2.45) is 11.3 Å². The van der Waals surface area contributed by atoms with Crippen molar-refractivity contribution in [1.82, 2.24) is 15.0 Å². The van der Waals surface area contributed by atoms with Gasteiger partial charge in [-0.3, -0.25) is 4.98 Å². The van der Waals surface area contributed by atoms with Gasteiger partial charge in [0.25, 0.3) is 0 Å². The normalized spacial score (nSPS) is 24.7. The Hall–Kier alpha value is -4.29. The molecule has 1 saturated heterocycles. The molecule has 3 aliphatic rings. The first-order valence-electron chi connectivity index (χ1n) is 17.0. The number of nitrogen functional groups attached to an aromatic ring is 1. The number of β-amino-alcohol motifs (C(OH)–C–C–N with tert-alkyl or cyclic N) is 1. The summed E-state index contributed by atoms with van der Waals surface area (Å²) in [5, 5.41) is 22.0. The highest BCUT2D eigenvalue weighted by atomic mass is 35.5. The van der Waals surface area contributed by atoms with E-state index in [1.165, 1.54) is 6.20 Å². The summed E-state index contributed by atoms with van der Waals surface area (Å²) < 4.78 is 72.0. The number of ether oxygens (including phenoxy) is 2. The first-order chi connectivity index (χ1) is 24.9. The number of hydrogen-bond donors (Lipinski definition) is 2. The molecule has 4 atom stereocenters. The van der Waals surface area contributed by atoms with E-state index in [-0.39, 0.29) is 93.1 Å². The smallest absolute Gasteiger partial charge is 0.319 e. The molecule has 0 amide bonds. The van der Waals surface area contributed by atoms with Crippen LogP contribution in [0.4, 0.5) is 28.4 Å². The lowest BCUT2D eigenvalue weighted by atomic mass is 9.77. The molecular formula is C37H33ClF4N6O3S. The quantitative estimate of drug-likeness (QED) is 0.131. The molecule has 4 heterocycles. The number of rotatable bonds is 6. The van der Waals surface area contributed by atoms with Gasteiger partial charge in [-0.15, -0.1) is 11.3 Å². The van der Waals surface area contributed by atoms with Crippen molar-refractivity contribution >= 4 is 54.7 Å². The Morgan fingerprint density at radius 2 is 1.92 bits per heavy atom. The van der Waals surface area contributed by atoms with E-state index in [0.717, 1.165) is 42.7 Å². The fourth-order valence-electron chi connectivity index (χ4n) is 8.66. The van der Waals surface area contributed by atoms with Gasteiger partial charge < -0.3 is 25.2 Å². The predicted octanol–water partition coefficient (Wildman–Crippen LogP) is 7.90. The maximum Gasteiger partial charge on any atom is 0.319 e. The number of aliphatic hydroxyl groups is 1. The highest BCUT2D eigenvalue weighted by molar-refractivity contribution is 7.23. The average Bonchev–Trinajstić information content (AvgIpc) is 3.74. The van der Waals surface area contributed by atoms with E-state index in [9.17, 15) is 23.5 Å². The summed E-state index contributed by atoms with van der Waals surface area (Å²) in [5.41, 5.74) is 5.30. The molecule has 0 radical (unpaired) electrons. The molecule has 4 unspecified atom stereocenters. The van der Waals surface area contributed by atoms with Crippen LogP contribution in [0.1, 0.15) is 56.1 Å². The van der Waals surface area contributed by atoms with E-state index >= 15 is 4.39 Å². The minimum atomic E-state index is -1.49. The van der Waals surface area contributed by atoms with Gasteiger partial charge in [-0.2, -0.15) is 15.2 Å². The lowest BCUT2D eigenvalue weighted by Gasteiger charge is -2.32. The van der Waals surface area contributed by atoms with Gasteiger partial charge in [-0.1, -0.05) is 18.0 Å². The largest absolute Gasteiger partial charge is 0.463 e. The average molecular weight is 753 g/mol. The molecule has 52 heavy (non-hydrogen) atoms. The SMILES string of the molecule is CC1(O)COCCN(c2nc(OCC34CCCC3C(c3cc(F)c(F)c(F)c3)CC4)nc3c(F)c(-c4cncc5sc(N)c(C#N)c45)c(Cl)cc23)C1. The first-order valence-corrected chi connectivity index (χ1v) is 18.2. The second kappa shape index (κ2) is 13.0. The van der Waals surface area contributed by atoms with Crippen LogP contribution in [0.5, 0.6) is 6.01 Å². The molecule has 15 heteroatoms. The van der Waals surface area contributed by atoms with Crippen molar-refractivity contribution < 1.29 is 32.1 Å². The van der Waals surface area contributed by atoms with Gasteiger partial charge >= 0.3 is 6.01 Å². The zero-order chi connectivity index (χ0) is 36.5. The second-order valence-electron chi connectivity index (χ2n) is 14.4. The zero-order valence-corrected chi connectivity index (χ0v) is 29.6. The Balaban J connectivity index is 1.22. The van der Waals surface area contributed by atoms with Crippen molar-refractivity contribution in [3.05, 3.63) is 70.0 Å².